The number of ether oxygens (including phenoxy) is 2. The van der Waals surface area contributed by atoms with Crippen LogP contribution in [-0.2, 0) is 9.47 Å². The molecule has 0 aliphatic carbocycles. The Morgan fingerprint density at radius 3 is 2.00 bits per heavy atom. The zero-order chi connectivity index (χ0) is 26.7. The topological polar surface area (TPSA) is 84.9 Å². The van der Waals surface area contributed by atoms with E-state index in [1.165, 1.54) is 57.8 Å². The van der Waals surface area contributed by atoms with Crippen LogP contribution in [0.1, 0.15) is 115 Å². The summed E-state index contributed by atoms with van der Waals surface area (Å²) in [6.45, 7) is 7.15. The normalized spacial score (nSPS) is 13.4. The van der Waals surface area contributed by atoms with E-state index in [0.717, 1.165) is 19.3 Å². The monoisotopic (exact) mass is 503 g/mol. The molecule has 36 heavy (non-hydrogen) atoms. The molecule has 6 nitrogen and oxygen atoms in total. The molecule has 0 saturated carbocycles. The van der Waals surface area contributed by atoms with Gasteiger partial charge in [-0.15, -0.1) is 0 Å². The molecule has 0 aliphatic rings. The molecule has 6 heteroatoms. The van der Waals surface area contributed by atoms with Crippen molar-refractivity contribution in [2.45, 2.75) is 122 Å². The van der Waals surface area contributed by atoms with Gasteiger partial charge in [-0.2, -0.15) is 0 Å². The Morgan fingerprint density at radius 1 is 0.917 bits per heavy atom. The predicted molar refractivity (Wildman–Crippen MR) is 146 cm³/mol. The fraction of sp³-hybridized carbons (Fsp3) is 0.667. The third-order valence-electron chi connectivity index (χ3n) is 5.85. The van der Waals surface area contributed by atoms with Crippen LogP contribution < -0.4 is 5.32 Å². The average Bonchev–Trinajstić information content (AvgIpc) is 2.84. The summed E-state index contributed by atoms with van der Waals surface area (Å²) in [5.41, 5.74) is -0.263. The molecule has 2 N–H and O–H groups in total. The van der Waals surface area contributed by atoms with Gasteiger partial charge in [0, 0.05) is 0 Å². The van der Waals surface area contributed by atoms with Gasteiger partial charge in [0.15, 0.2) is 0 Å². The number of esters is 1. The molecule has 1 aromatic carbocycles. The number of unbranched alkanes of at least 4 members (excludes halogenated alkanes) is 11. The summed E-state index contributed by atoms with van der Waals surface area (Å²) in [5.74, 6) is -0.510. The minimum atomic E-state index is -0.818. The molecule has 0 saturated heterocycles. The Morgan fingerprint density at radius 2 is 1.47 bits per heavy atom. The number of aliphatic hydroxyl groups excluding tert-OH is 1. The molecular formula is C30H49NO5. The SMILES string of the molecule is CCCCCCCCCCCCC/C=C/[C@@H](OC(=O)c1ccccc1)[C@H](CO)NC(=O)OC(C)(C)C. The number of nitrogens with one attached hydrogen (secondary N) is 1. The smallest absolute Gasteiger partial charge is 0.408 e. The van der Waals surface area contributed by atoms with Crippen LogP contribution in [0.4, 0.5) is 4.79 Å². The number of benzene rings is 1. The minimum absolute atomic E-state index is 0.394. The average molecular weight is 504 g/mol. The summed E-state index contributed by atoms with van der Waals surface area (Å²) in [6, 6.07) is 7.86. The van der Waals surface area contributed by atoms with Gasteiger partial charge >= 0.3 is 12.1 Å². The number of carbonyl (C=O) groups excluding carboxylic acids is 2. The van der Waals surface area contributed by atoms with E-state index < -0.39 is 36.4 Å². The fourth-order valence-corrected chi connectivity index (χ4v) is 3.87. The number of hydrogen-bond acceptors (Lipinski definition) is 5. The molecule has 0 heterocycles. The number of alkyl carbamates (subject to hydrolysis) is 1. The minimum Gasteiger partial charge on any atom is -0.452 e. The van der Waals surface area contributed by atoms with Crippen molar-refractivity contribution in [3.63, 3.8) is 0 Å². The third-order valence-corrected chi connectivity index (χ3v) is 5.85. The Balaban J connectivity index is 2.53. The fourth-order valence-electron chi connectivity index (χ4n) is 3.87. The number of amides is 1. The Bertz CT molecular complexity index is 741. The highest BCUT2D eigenvalue weighted by atomic mass is 16.6. The van der Waals surface area contributed by atoms with E-state index in [1.54, 1.807) is 51.1 Å². The lowest BCUT2D eigenvalue weighted by Crippen LogP contribution is -2.48. The first-order valence-electron chi connectivity index (χ1n) is 13.8. The number of allylic oxidation sites excluding steroid dienone is 1. The van der Waals surface area contributed by atoms with Crippen LogP contribution in [0.2, 0.25) is 0 Å². The molecule has 1 amide bonds. The highest BCUT2D eigenvalue weighted by molar-refractivity contribution is 5.89. The van der Waals surface area contributed by atoms with E-state index in [-0.39, 0.29) is 0 Å². The molecule has 2 atom stereocenters. The summed E-state index contributed by atoms with van der Waals surface area (Å²) in [5, 5.41) is 12.6. The van der Waals surface area contributed by atoms with Crippen LogP contribution in [0.15, 0.2) is 42.5 Å². The molecule has 1 aromatic rings. The summed E-state index contributed by atoms with van der Waals surface area (Å²) in [6.07, 6.45) is 17.2. The van der Waals surface area contributed by atoms with Crippen molar-refractivity contribution >= 4 is 12.1 Å². The van der Waals surface area contributed by atoms with Crippen molar-refractivity contribution in [2.75, 3.05) is 6.61 Å². The summed E-state index contributed by atoms with van der Waals surface area (Å²) in [4.78, 5) is 24.9. The van der Waals surface area contributed by atoms with Crippen LogP contribution in [0.25, 0.3) is 0 Å². The molecule has 0 unspecified atom stereocenters. The molecule has 0 aromatic heterocycles. The lowest BCUT2D eigenvalue weighted by molar-refractivity contribution is 0.0181. The maximum Gasteiger partial charge on any atom is 0.408 e. The van der Waals surface area contributed by atoms with E-state index in [1.807, 2.05) is 12.1 Å². The van der Waals surface area contributed by atoms with Crippen molar-refractivity contribution in [3.05, 3.63) is 48.0 Å². The van der Waals surface area contributed by atoms with Gasteiger partial charge in [0.1, 0.15) is 11.7 Å². The summed E-state index contributed by atoms with van der Waals surface area (Å²) in [7, 11) is 0. The van der Waals surface area contributed by atoms with E-state index in [0.29, 0.717) is 5.56 Å². The van der Waals surface area contributed by atoms with Crippen molar-refractivity contribution in [1.29, 1.82) is 0 Å². The first-order valence-corrected chi connectivity index (χ1v) is 13.8. The molecule has 1 rings (SSSR count). The van der Waals surface area contributed by atoms with Crippen molar-refractivity contribution in [2.24, 2.45) is 0 Å². The van der Waals surface area contributed by atoms with E-state index in [9.17, 15) is 14.7 Å². The second-order valence-corrected chi connectivity index (χ2v) is 10.4. The standard InChI is InChI=1S/C30H49NO5/c1-5-6-7-8-9-10-11-12-13-14-15-16-20-23-27(35-28(33)25-21-18-17-19-22-25)26(24-32)31-29(34)36-30(2,3)4/h17-23,26-27,32H,5-16,24H2,1-4H3,(H,31,34)/b23-20+/t26-,27+/m0/s1. The second kappa shape index (κ2) is 18.9. The number of hydrogen-bond donors (Lipinski definition) is 2. The van der Waals surface area contributed by atoms with E-state index in [2.05, 4.69) is 12.2 Å². The van der Waals surface area contributed by atoms with Crippen LogP contribution in [-0.4, -0.2) is 41.5 Å². The zero-order valence-electron chi connectivity index (χ0n) is 23.0. The van der Waals surface area contributed by atoms with Gasteiger partial charge in [-0.3, -0.25) is 0 Å². The molecular weight excluding hydrogens is 454 g/mol. The Hall–Kier alpha value is -2.34. The number of rotatable bonds is 18. The predicted octanol–water partition coefficient (Wildman–Crippen LogP) is 7.35. The van der Waals surface area contributed by atoms with Gasteiger partial charge < -0.3 is 19.9 Å². The highest BCUT2D eigenvalue weighted by Crippen LogP contribution is 2.14. The molecule has 0 fully saturated rings. The first-order chi connectivity index (χ1) is 17.3. The van der Waals surface area contributed by atoms with Gasteiger partial charge in [-0.25, -0.2) is 9.59 Å². The van der Waals surface area contributed by atoms with Gasteiger partial charge in [0.2, 0.25) is 0 Å². The molecule has 0 spiro atoms. The Labute approximate surface area is 218 Å². The highest BCUT2D eigenvalue weighted by Gasteiger charge is 2.27. The quantitative estimate of drug-likeness (QED) is 0.124. The van der Waals surface area contributed by atoms with Gasteiger partial charge in [0.25, 0.3) is 0 Å². The Kier molecular flexibility index (Phi) is 16.6. The molecule has 0 radical (unpaired) electrons. The molecule has 204 valence electrons. The van der Waals surface area contributed by atoms with Crippen LogP contribution in [0, 0.1) is 0 Å². The van der Waals surface area contributed by atoms with E-state index in [4.69, 9.17) is 9.47 Å². The van der Waals surface area contributed by atoms with Crippen LogP contribution >= 0.6 is 0 Å². The third kappa shape index (κ3) is 15.6. The zero-order valence-corrected chi connectivity index (χ0v) is 23.0. The van der Waals surface area contributed by atoms with Gasteiger partial charge in [-0.05, 0) is 51.8 Å². The van der Waals surface area contributed by atoms with Crippen LogP contribution in [0.5, 0.6) is 0 Å². The number of aliphatic hydroxyl groups is 1. The van der Waals surface area contributed by atoms with Crippen molar-refractivity contribution in [1.82, 2.24) is 5.32 Å². The van der Waals surface area contributed by atoms with Crippen molar-refractivity contribution in [3.8, 4) is 0 Å². The van der Waals surface area contributed by atoms with Crippen LogP contribution in [0.3, 0.4) is 0 Å². The number of carbonyl (C=O) groups is 2. The van der Waals surface area contributed by atoms with E-state index >= 15 is 0 Å². The maximum absolute atomic E-state index is 12.6. The first kappa shape index (κ1) is 31.7. The van der Waals surface area contributed by atoms with Gasteiger partial charge in [0.05, 0.1) is 18.2 Å². The van der Waals surface area contributed by atoms with Crippen molar-refractivity contribution < 1.29 is 24.2 Å². The lowest BCUT2D eigenvalue weighted by atomic mass is 10.0. The molecule has 0 aliphatic heterocycles. The lowest BCUT2D eigenvalue weighted by Gasteiger charge is -2.26. The maximum atomic E-state index is 12.6. The molecule has 0 bridgehead atoms. The second-order valence-electron chi connectivity index (χ2n) is 10.4. The largest absolute Gasteiger partial charge is 0.452 e. The summed E-state index contributed by atoms with van der Waals surface area (Å²) < 4.78 is 11.0. The summed E-state index contributed by atoms with van der Waals surface area (Å²) >= 11 is 0. The van der Waals surface area contributed by atoms with Gasteiger partial charge in [-0.1, -0.05) is 95.4 Å².